The predicted octanol–water partition coefficient (Wildman–Crippen LogP) is 5.46. The van der Waals surface area contributed by atoms with Crippen LogP contribution in [0.4, 0.5) is 0 Å². The highest BCUT2D eigenvalue weighted by Gasteiger charge is 2.51. The van der Waals surface area contributed by atoms with Crippen LogP contribution in [0, 0.1) is 0 Å². The van der Waals surface area contributed by atoms with Gasteiger partial charge in [0, 0.05) is 6.04 Å². The fourth-order valence-corrected chi connectivity index (χ4v) is 16.9. The fourth-order valence-electron chi connectivity index (χ4n) is 2.28. The molecule has 0 bridgehead atoms. The molecule has 0 saturated heterocycles. The Bertz CT molecular complexity index is 367. The van der Waals surface area contributed by atoms with E-state index in [4.69, 9.17) is 17.1 Å². The number of hydrogen-bond donors (Lipinski definition) is 0. The summed E-state index contributed by atoms with van der Waals surface area (Å²) in [5, 5.41) is 0. The van der Waals surface area contributed by atoms with Gasteiger partial charge in [-0.25, -0.2) is 0 Å². The first-order valence-corrected chi connectivity index (χ1v) is 21.0. The molecule has 0 spiro atoms. The smallest absolute Gasteiger partial charge is 0.417 e. The van der Waals surface area contributed by atoms with Crippen molar-refractivity contribution in [3.05, 3.63) is 12.2 Å². The van der Waals surface area contributed by atoms with Gasteiger partial charge in [-0.05, 0) is 72.8 Å². The van der Waals surface area contributed by atoms with E-state index in [1.54, 1.807) is 0 Å². The van der Waals surface area contributed by atoms with Crippen molar-refractivity contribution in [2.75, 3.05) is 6.61 Å². The second-order valence-corrected chi connectivity index (χ2v) is 26.5. The van der Waals surface area contributed by atoms with Gasteiger partial charge in [0.1, 0.15) is 0 Å². The normalized spacial score (nSPS) is 15.5. The highest BCUT2D eigenvalue weighted by Crippen LogP contribution is 2.30. The third-order valence-electron chi connectivity index (χ3n) is 2.54. The molecule has 24 heavy (non-hydrogen) atoms. The molecule has 0 aliphatic heterocycles. The standard InChI is InChI=1S/C16H40O4Si4/c1-15(2)13-17-16(3)14-24(18-21(4,5)6,19-22(7,8)9)20-23(10,11)12/h16H,1,13-14H2,2-12H3. The molecule has 0 aromatic carbocycles. The van der Waals surface area contributed by atoms with Crippen LogP contribution in [0.3, 0.4) is 0 Å². The largest absolute Gasteiger partial charge is 0.472 e. The van der Waals surface area contributed by atoms with E-state index in [-0.39, 0.29) is 6.10 Å². The summed E-state index contributed by atoms with van der Waals surface area (Å²) >= 11 is 0. The predicted molar refractivity (Wildman–Crippen MR) is 114 cm³/mol. The summed E-state index contributed by atoms with van der Waals surface area (Å²) in [4.78, 5) is 0. The molecular weight excluding hydrogens is 369 g/mol. The number of hydrogen-bond acceptors (Lipinski definition) is 4. The van der Waals surface area contributed by atoms with E-state index in [1.807, 2.05) is 6.92 Å². The van der Waals surface area contributed by atoms with Crippen molar-refractivity contribution in [1.29, 1.82) is 0 Å². The van der Waals surface area contributed by atoms with Crippen LogP contribution < -0.4 is 0 Å². The Hall–Kier alpha value is 0.448. The van der Waals surface area contributed by atoms with Crippen molar-refractivity contribution in [3.8, 4) is 0 Å². The lowest BCUT2D eigenvalue weighted by molar-refractivity contribution is 0.0842. The Balaban J connectivity index is 5.56. The van der Waals surface area contributed by atoms with E-state index in [0.29, 0.717) is 12.7 Å². The molecule has 0 heterocycles. The zero-order valence-corrected chi connectivity index (χ0v) is 21.8. The molecule has 1 atom stereocenters. The topological polar surface area (TPSA) is 36.9 Å². The lowest BCUT2D eigenvalue weighted by atomic mass is 10.4. The summed E-state index contributed by atoms with van der Waals surface area (Å²) < 4.78 is 25.9. The van der Waals surface area contributed by atoms with Crippen LogP contribution in [0.1, 0.15) is 13.8 Å². The molecule has 8 heteroatoms. The Morgan fingerprint density at radius 3 is 1.38 bits per heavy atom. The van der Waals surface area contributed by atoms with Crippen LogP contribution in [0.5, 0.6) is 0 Å². The first-order chi connectivity index (χ1) is 10.4. The van der Waals surface area contributed by atoms with Crippen molar-refractivity contribution >= 4 is 33.8 Å². The SMILES string of the molecule is C=C(C)COC(C)C[Si](O[Si](C)(C)C)(O[Si](C)(C)C)O[Si](C)(C)C. The average Bonchev–Trinajstić information content (AvgIpc) is 2.17. The van der Waals surface area contributed by atoms with Crippen LogP contribution in [-0.4, -0.2) is 46.5 Å². The third kappa shape index (κ3) is 12.8. The van der Waals surface area contributed by atoms with Crippen LogP contribution >= 0.6 is 0 Å². The van der Waals surface area contributed by atoms with Crippen molar-refractivity contribution < 1.29 is 17.1 Å². The molecule has 0 radical (unpaired) electrons. The average molecular weight is 409 g/mol. The summed E-state index contributed by atoms with van der Waals surface area (Å²) in [7, 11) is -8.27. The van der Waals surface area contributed by atoms with E-state index in [1.165, 1.54) is 0 Å². The Kier molecular flexibility index (Phi) is 9.06. The van der Waals surface area contributed by atoms with E-state index >= 15 is 0 Å². The summed E-state index contributed by atoms with van der Waals surface area (Å²) in [5.41, 5.74) is 1.03. The third-order valence-corrected chi connectivity index (χ3v) is 14.7. The second-order valence-electron chi connectivity index (χ2n) is 9.61. The lowest BCUT2D eigenvalue weighted by Gasteiger charge is -2.43. The van der Waals surface area contributed by atoms with Crippen molar-refractivity contribution in [2.45, 2.75) is 84.9 Å². The highest BCUT2D eigenvalue weighted by molar-refractivity contribution is 6.90. The van der Waals surface area contributed by atoms with E-state index in [9.17, 15) is 0 Å². The fraction of sp³-hybridized carbons (Fsp3) is 0.875. The number of ether oxygens (including phenoxy) is 1. The van der Waals surface area contributed by atoms with Gasteiger partial charge in [-0.3, -0.25) is 0 Å². The summed E-state index contributed by atoms with van der Waals surface area (Å²) in [5.74, 6) is 0. The molecule has 4 nitrogen and oxygen atoms in total. The molecule has 0 fully saturated rings. The first-order valence-electron chi connectivity index (χ1n) is 8.80. The van der Waals surface area contributed by atoms with Gasteiger partial charge < -0.3 is 17.1 Å². The van der Waals surface area contributed by atoms with Gasteiger partial charge in [0.25, 0.3) is 0 Å². The molecule has 0 aromatic heterocycles. The van der Waals surface area contributed by atoms with Gasteiger partial charge in [-0.15, -0.1) is 0 Å². The van der Waals surface area contributed by atoms with Gasteiger partial charge in [0.2, 0.25) is 0 Å². The molecule has 0 aromatic rings. The van der Waals surface area contributed by atoms with Crippen molar-refractivity contribution in [1.82, 2.24) is 0 Å². The highest BCUT2D eigenvalue weighted by atomic mass is 28.5. The quantitative estimate of drug-likeness (QED) is 0.336. The molecule has 0 rings (SSSR count). The molecule has 0 aliphatic rings. The zero-order chi connectivity index (χ0) is 19.4. The Labute approximate surface area is 154 Å². The molecule has 0 saturated carbocycles. The van der Waals surface area contributed by atoms with Crippen molar-refractivity contribution in [3.63, 3.8) is 0 Å². The maximum absolute atomic E-state index is 6.66. The molecule has 0 amide bonds. The number of rotatable bonds is 11. The van der Waals surface area contributed by atoms with Crippen LogP contribution in [-0.2, 0) is 17.1 Å². The van der Waals surface area contributed by atoms with E-state index in [0.717, 1.165) is 5.57 Å². The van der Waals surface area contributed by atoms with Gasteiger partial charge in [0.05, 0.1) is 12.7 Å². The maximum Gasteiger partial charge on any atom is 0.472 e. The minimum atomic E-state index is -2.81. The van der Waals surface area contributed by atoms with Gasteiger partial charge in [-0.2, -0.15) is 0 Å². The van der Waals surface area contributed by atoms with Crippen LogP contribution in [0.2, 0.25) is 65.0 Å². The maximum atomic E-state index is 6.66. The van der Waals surface area contributed by atoms with Gasteiger partial charge in [0.15, 0.2) is 25.0 Å². The van der Waals surface area contributed by atoms with Gasteiger partial charge in [-0.1, -0.05) is 12.2 Å². The summed E-state index contributed by atoms with van der Waals surface area (Å²) in [6, 6.07) is 0.707. The van der Waals surface area contributed by atoms with E-state index in [2.05, 4.69) is 72.4 Å². The molecule has 1 unspecified atom stereocenters. The summed E-state index contributed by atoms with van der Waals surface area (Å²) in [6.07, 6.45) is 0.0254. The minimum Gasteiger partial charge on any atom is -0.417 e. The monoisotopic (exact) mass is 408 g/mol. The minimum absolute atomic E-state index is 0.0254. The first kappa shape index (κ1) is 24.4. The summed E-state index contributed by atoms with van der Waals surface area (Å²) in [6.45, 7) is 28.4. The zero-order valence-electron chi connectivity index (χ0n) is 17.8. The van der Waals surface area contributed by atoms with Crippen molar-refractivity contribution in [2.24, 2.45) is 0 Å². The Morgan fingerprint density at radius 2 is 1.12 bits per heavy atom. The Morgan fingerprint density at radius 1 is 0.792 bits per heavy atom. The van der Waals surface area contributed by atoms with E-state index < -0.39 is 33.8 Å². The molecule has 0 aliphatic carbocycles. The van der Waals surface area contributed by atoms with Gasteiger partial charge >= 0.3 is 8.80 Å². The molecule has 144 valence electrons. The molecule has 0 N–H and O–H groups in total. The molecular formula is C16H40O4Si4. The second kappa shape index (κ2) is 8.89. The van der Waals surface area contributed by atoms with Crippen LogP contribution in [0.15, 0.2) is 12.2 Å². The van der Waals surface area contributed by atoms with Crippen LogP contribution in [0.25, 0.3) is 0 Å². The lowest BCUT2D eigenvalue weighted by Crippen LogP contribution is -2.61.